The van der Waals surface area contributed by atoms with Crippen LogP contribution in [0.1, 0.15) is 31.2 Å². The Morgan fingerprint density at radius 1 is 1.53 bits per heavy atom. The smallest absolute Gasteiger partial charge is 0.205 e. The number of aryl methyl sites for hydroxylation is 1. The Bertz CT molecular complexity index is 315. The van der Waals surface area contributed by atoms with E-state index in [1.807, 2.05) is 6.92 Å². The maximum Gasteiger partial charge on any atom is 0.205 e. The van der Waals surface area contributed by atoms with Gasteiger partial charge in [0.25, 0.3) is 0 Å². The summed E-state index contributed by atoms with van der Waals surface area (Å²) >= 11 is 1.62. The van der Waals surface area contributed by atoms with E-state index in [0.717, 1.165) is 36.0 Å². The van der Waals surface area contributed by atoms with Gasteiger partial charge in [-0.25, -0.2) is 0 Å². The highest BCUT2D eigenvalue weighted by Crippen LogP contribution is 2.22. The monoisotopic (exact) mass is 227 g/mol. The van der Waals surface area contributed by atoms with Crippen molar-refractivity contribution in [2.45, 2.75) is 45.3 Å². The van der Waals surface area contributed by atoms with Crippen molar-refractivity contribution in [1.82, 2.24) is 10.2 Å². The first-order valence-electron chi connectivity index (χ1n) is 5.46. The summed E-state index contributed by atoms with van der Waals surface area (Å²) in [7, 11) is 0. The van der Waals surface area contributed by atoms with Gasteiger partial charge in [-0.05, 0) is 26.2 Å². The van der Waals surface area contributed by atoms with Gasteiger partial charge in [-0.15, -0.1) is 10.2 Å². The molecule has 0 bridgehead atoms. The average Bonchev–Trinajstić information content (AvgIpc) is 2.64. The second kappa shape index (κ2) is 4.90. The largest absolute Gasteiger partial charge is 0.378 e. The summed E-state index contributed by atoms with van der Waals surface area (Å²) in [6.07, 6.45) is 3.64. The SMILES string of the molecule is CCC1CC(Nc2nnc(C)s2)CCO1. The first-order valence-corrected chi connectivity index (χ1v) is 6.28. The number of aromatic nitrogens is 2. The minimum absolute atomic E-state index is 0.408. The zero-order chi connectivity index (χ0) is 10.7. The van der Waals surface area contributed by atoms with Gasteiger partial charge in [0.15, 0.2) is 0 Å². The highest BCUT2D eigenvalue weighted by Gasteiger charge is 2.21. The van der Waals surface area contributed by atoms with Crippen molar-refractivity contribution in [1.29, 1.82) is 0 Å². The maximum atomic E-state index is 5.63. The lowest BCUT2D eigenvalue weighted by molar-refractivity contribution is 0.00925. The third-order valence-corrected chi connectivity index (χ3v) is 3.45. The molecule has 0 aromatic carbocycles. The third-order valence-electron chi connectivity index (χ3n) is 2.68. The van der Waals surface area contributed by atoms with E-state index in [1.54, 1.807) is 11.3 Å². The normalized spacial score (nSPS) is 26.5. The molecule has 2 rings (SSSR count). The second-order valence-electron chi connectivity index (χ2n) is 3.89. The van der Waals surface area contributed by atoms with Crippen LogP contribution >= 0.6 is 11.3 Å². The zero-order valence-electron chi connectivity index (χ0n) is 9.19. The molecule has 5 heteroatoms. The standard InChI is InChI=1S/C10H17N3OS/c1-3-9-6-8(4-5-14-9)11-10-13-12-7(2)15-10/h8-9H,3-6H2,1-2H3,(H,11,13). The molecule has 1 N–H and O–H groups in total. The van der Waals surface area contributed by atoms with Crippen molar-refractivity contribution >= 4 is 16.5 Å². The number of nitrogens with one attached hydrogen (secondary N) is 1. The Hall–Kier alpha value is -0.680. The molecule has 1 aromatic rings. The van der Waals surface area contributed by atoms with Crippen LogP contribution in [0.5, 0.6) is 0 Å². The van der Waals surface area contributed by atoms with Gasteiger partial charge < -0.3 is 10.1 Å². The summed E-state index contributed by atoms with van der Waals surface area (Å²) in [6.45, 7) is 5.00. The van der Waals surface area contributed by atoms with Crippen LogP contribution in [-0.4, -0.2) is 29.0 Å². The lowest BCUT2D eigenvalue weighted by Crippen LogP contribution is -2.33. The van der Waals surface area contributed by atoms with Crippen LogP contribution in [0.3, 0.4) is 0 Å². The molecule has 84 valence electrons. The predicted octanol–water partition coefficient (Wildman–Crippen LogP) is 2.22. The van der Waals surface area contributed by atoms with Crippen molar-refractivity contribution in [3.05, 3.63) is 5.01 Å². The Labute approximate surface area is 94.1 Å². The lowest BCUT2D eigenvalue weighted by atomic mass is 10.0. The van der Waals surface area contributed by atoms with Crippen LogP contribution in [0.15, 0.2) is 0 Å². The number of nitrogens with zero attached hydrogens (tertiary/aromatic N) is 2. The molecule has 1 aliphatic heterocycles. The third kappa shape index (κ3) is 2.89. The first kappa shape index (κ1) is 10.8. The highest BCUT2D eigenvalue weighted by atomic mass is 32.1. The molecule has 4 nitrogen and oxygen atoms in total. The Morgan fingerprint density at radius 2 is 2.40 bits per heavy atom. The summed E-state index contributed by atoms with van der Waals surface area (Å²) in [4.78, 5) is 0. The van der Waals surface area contributed by atoms with Crippen molar-refractivity contribution in [3.63, 3.8) is 0 Å². The number of rotatable bonds is 3. The van der Waals surface area contributed by atoms with Gasteiger partial charge in [0.05, 0.1) is 6.10 Å². The molecule has 2 heterocycles. The molecule has 0 radical (unpaired) electrons. The minimum Gasteiger partial charge on any atom is -0.378 e. The van der Waals surface area contributed by atoms with Crippen molar-refractivity contribution in [2.24, 2.45) is 0 Å². The molecule has 2 unspecified atom stereocenters. The van der Waals surface area contributed by atoms with Crippen LogP contribution < -0.4 is 5.32 Å². The molecule has 1 aromatic heterocycles. The van der Waals surface area contributed by atoms with Gasteiger partial charge >= 0.3 is 0 Å². The summed E-state index contributed by atoms with van der Waals surface area (Å²) in [5.74, 6) is 0. The van der Waals surface area contributed by atoms with Crippen LogP contribution in [0.2, 0.25) is 0 Å². The fourth-order valence-corrected chi connectivity index (χ4v) is 2.49. The van der Waals surface area contributed by atoms with Gasteiger partial charge in [0.2, 0.25) is 5.13 Å². The van der Waals surface area contributed by atoms with E-state index in [-0.39, 0.29) is 0 Å². The quantitative estimate of drug-likeness (QED) is 0.860. The number of hydrogen-bond acceptors (Lipinski definition) is 5. The van der Waals surface area contributed by atoms with E-state index in [0.29, 0.717) is 12.1 Å². The molecule has 0 saturated carbocycles. The van der Waals surface area contributed by atoms with Crippen molar-refractivity contribution in [2.75, 3.05) is 11.9 Å². The molecule has 0 aliphatic carbocycles. The highest BCUT2D eigenvalue weighted by molar-refractivity contribution is 7.15. The lowest BCUT2D eigenvalue weighted by Gasteiger charge is -2.29. The molecule has 2 atom stereocenters. The fourth-order valence-electron chi connectivity index (χ4n) is 1.83. The molecule has 15 heavy (non-hydrogen) atoms. The molecule has 1 saturated heterocycles. The van der Waals surface area contributed by atoms with Gasteiger partial charge in [0, 0.05) is 12.6 Å². The van der Waals surface area contributed by atoms with Gasteiger partial charge in [-0.2, -0.15) is 0 Å². The Morgan fingerprint density at radius 3 is 3.07 bits per heavy atom. The number of anilines is 1. The predicted molar refractivity (Wildman–Crippen MR) is 61.3 cm³/mol. The number of ether oxygens (including phenoxy) is 1. The van der Waals surface area contributed by atoms with E-state index in [9.17, 15) is 0 Å². The second-order valence-corrected chi connectivity index (χ2v) is 5.07. The molecule has 0 amide bonds. The molecule has 1 fully saturated rings. The van der Waals surface area contributed by atoms with Crippen LogP contribution in [0, 0.1) is 6.92 Å². The average molecular weight is 227 g/mol. The number of hydrogen-bond donors (Lipinski definition) is 1. The molecule has 0 spiro atoms. The van der Waals surface area contributed by atoms with E-state index >= 15 is 0 Å². The van der Waals surface area contributed by atoms with E-state index in [1.165, 1.54) is 0 Å². The van der Waals surface area contributed by atoms with Crippen molar-refractivity contribution in [3.8, 4) is 0 Å². The van der Waals surface area contributed by atoms with E-state index in [4.69, 9.17) is 4.74 Å². The van der Waals surface area contributed by atoms with Gasteiger partial charge in [-0.1, -0.05) is 18.3 Å². The maximum absolute atomic E-state index is 5.63. The first-order chi connectivity index (χ1) is 7.28. The fraction of sp³-hybridized carbons (Fsp3) is 0.800. The van der Waals surface area contributed by atoms with Crippen LogP contribution in [0.4, 0.5) is 5.13 Å². The minimum atomic E-state index is 0.408. The summed E-state index contributed by atoms with van der Waals surface area (Å²) in [5.41, 5.74) is 0. The summed E-state index contributed by atoms with van der Waals surface area (Å²) in [5, 5.41) is 13.5. The molecular weight excluding hydrogens is 210 g/mol. The Balaban J connectivity index is 1.88. The molecular formula is C10H17N3OS. The van der Waals surface area contributed by atoms with Crippen LogP contribution in [-0.2, 0) is 4.74 Å². The van der Waals surface area contributed by atoms with E-state index < -0.39 is 0 Å². The van der Waals surface area contributed by atoms with Gasteiger partial charge in [-0.3, -0.25) is 0 Å². The van der Waals surface area contributed by atoms with Crippen molar-refractivity contribution < 1.29 is 4.74 Å². The summed E-state index contributed by atoms with van der Waals surface area (Å²) < 4.78 is 5.63. The molecule has 1 aliphatic rings. The zero-order valence-corrected chi connectivity index (χ0v) is 10.0. The summed E-state index contributed by atoms with van der Waals surface area (Å²) in [6, 6.07) is 0.496. The Kier molecular flexibility index (Phi) is 3.53. The topological polar surface area (TPSA) is 47.0 Å². The van der Waals surface area contributed by atoms with Crippen LogP contribution in [0.25, 0.3) is 0 Å². The van der Waals surface area contributed by atoms with Gasteiger partial charge in [0.1, 0.15) is 5.01 Å². The van der Waals surface area contributed by atoms with E-state index in [2.05, 4.69) is 22.4 Å².